The van der Waals surface area contributed by atoms with Gasteiger partial charge in [-0.25, -0.2) is 8.42 Å². The molecule has 1 unspecified atom stereocenters. The Labute approximate surface area is 217 Å². The van der Waals surface area contributed by atoms with Crippen molar-refractivity contribution in [2.75, 3.05) is 40.5 Å². The summed E-state index contributed by atoms with van der Waals surface area (Å²) in [7, 11) is -0.797. The highest BCUT2D eigenvalue weighted by Gasteiger charge is 2.35. The highest BCUT2D eigenvalue weighted by Crippen LogP contribution is 2.38. The molecule has 1 amide bonds. The zero-order valence-electron chi connectivity index (χ0n) is 20.8. The number of carbonyl (C=O) groups is 1. The molecule has 2 aromatic carbocycles. The second-order valence-electron chi connectivity index (χ2n) is 8.81. The number of methoxy groups -OCH3 is 2. The van der Waals surface area contributed by atoms with Crippen LogP contribution in [0, 0.1) is 6.92 Å². The summed E-state index contributed by atoms with van der Waals surface area (Å²) < 4.78 is 38.7. The van der Waals surface area contributed by atoms with Crippen LogP contribution >= 0.6 is 11.3 Å². The van der Waals surface area contributed by atoms with E-state index in [1.54, 1.807) is 30.6 Å². The summed E-state index contributed by atoms with van der Waals surface area (Å²) in [6.07, 6.45) is 1.24. The fraction of sp³-hybridized carbons (Fsp3) is 0.370. The van der Waals surface area contributed by atoms with Crippen LogP contribution in [0.15, 0.2) is 64.9 Å². The molecule has 1 aromatic heterocycles. The van der Waals surface area contributed by atoms with Crippen LogP contribution in [0.4, 0.5) is 0 Å². The third kappa shape index (κ3) is 5.64. The standard InChI is InChI=1S/C27H32N2O5S2/c1-20-5-7-21(8-6-20)27-24-14-18-35-25(24)13-16-29(27)26(30)19-28(15-4-17-33-2)36(31,32)23-11-9-22(34-3)10-12-23/h5-12,14,18,27H,4,13,15-17,19H2,1-3H3. The largest absolute Gasteiger partial charge is 0.497 e. The number of amides is 1. The predicted octanol–water partition coefficient (Wildman–Crippen LogP) is 4.27. The van der Waals surface area contributed by atoms with Crippen molar-refractivity contribution in [1.82, 2.24) is 9.21 Å². The number of thiophene rings is 1. The van der Waals surface area contributed by atoms with Crippen molar-refractivity contribution in [2.45, 2.75) is 30.7 Å². The molecule has 1 atom stereocenters. The predicted molar refractivity (Wildman–Crippen MR) is 141 cm³/mol. The van der Waals surface area contributed by atoms with Gasteiger partial charge < -0.3 is 14.4 Å². The van der Waals surface area contributed by atoms with Crippen molar-refractivity contribution in [3.63, 3.8) is 0 Å². The number of hydrogen-bond donors (Lipinski definition) is 0. The minimum Gasteiger partial charge on any atom is -0.497 e. The summed E-state index contributed by atoms with van der Waals surface area (Å²) in [6.45, 7) is 2.92. The molecule has 2 heterocycles. The average molecular weight is 529 g/mol. The van der Waals surface area contributed by atoms with Gasteiger partial charge in [-0.2, -0.15) is 4.31 Å². The third-order valence-electron chi connectivity index (χ3n) is 6.44. The molecule has 0 N–H and O–H groups in total. The molecule has 0 saturated heterocycles. The van der Waals surface area contributed by atoms with Gasteiger partial charge in [0.15, 0.2) is 0 Å². The Bertz CT molecular complexity index is 1270. The quantitative estimate of drug-likeness (QED) is 0.368. The van der Waals surface area contributed by atoms with Gasteiger partial charge >= 0.3 is 0 Å². The maximum atomic E-state index is 13.8. The number of nitrogens with zero attached hydrogens (tertiary/aromatic N) is 2. The van der Waals surface area contributed by atoms with Crippen molar-refractivity contribution < 1.29 is 22.7 Å². The van der Waals surface area contributed by atoms with E-state index in [1.807, 2.05) is 24.0 Å². The molecule has 36 heavy (non-hydrogen) atoms. The van der Waals surface area contributed by atoms with Gasteiger partial charge in [-0.1, -0.05) is 29.8 Å². The molecule has 0 bridgehead atoms. The lowest BCUT2D eigenvalue weighted by atomic mass is 9.92. The molecule has 0 aliphatic carbocycles. The first-order valence-electron chi connectivity index (χ1n) is 11.9. The zero-order valence-corrected chi connectivity index (χ0v) is 22.5. The Morgan fingerprint density at radius 3 is 2.47 bits per heavy atom. The SMILES string of the molecule is COCCCN(CC(=O)N1CCc2sccc2C1c1ccc(C)cc1)S(=O)(=O)c1ccc(OC)cc1. The number of fused-ring (bicyclic) bond motifs is 1. The van der Waals surface area contributed by atoms with Gasteiger partial charge in [0.25, 0.3) is 0 Å². The Hall–Kier alpha value is -2.72. The molecule has 7 nitrogen and oxygen atoms in total. The number of sulfonamides is 1. The van der Waals surface area contributed by atoms with E-state index in [0.29, 0.717) is 25.3 Å². The first-order valence-corrected chi connectivity index (χ1v) is 14.2. The Balaban J connectivity index is 1.63. The molecular formula is C27H32N2O5S2. The van der Waals surface area contributed by atoms with Crippen LogP contribution < -0.4 is 4.74 Å². The molecule has 0 radical (unpaired) electrons. The monoisotopic (exact) mass is 528 g/mol. The van der Waals surface area contributed by atoms with Gasteiger partial charge in [-0.05, 0) is 66.6 Å². The number of carbonyl (C=O) groups excluding carboxylic acids is 1. The van der Waals surface area contributed by atoms with E-state index in [-0.39, 0.29) is 29.9 Å². The first-order chi connectivity index (χ1) is 17.3. The summed E-state index contributed by atoms with van der Waals surface area (Å²) in [6, 6.07) is 16.3. The van der Waals surface area contributed by atoms with Gasteiger partial charge in [0.05, 0.1) is 24.6 Å². The fourth-order valence-electron chi connectivity index (χ4n) is 4.50. The Kier molecular flexibility index (Phi) is 8.46. The van der Waals surface area contributed by atoms with E-state index < -0.39 is 10.0 Å². The van der Waals surface area contributed by atoms with Gasteiger partial charge in [0.2, 0.25) is 15.9 Å². The van der Waals surface area contributed by atoms with Crippen LogP contribution in [0.5, 0.6) is 5.75 Å². The van der Waals surface area contributed by atoms with Crippen LogP contribution in [-0.4, -0.2) is 64.0 Å². The highest BCUT2D eigenvalue weighted by atomic mass is 32.2. The zero-order chi connectivity index (χ0) is 25.7. The van der Waals surface area contributed by atoms with E-state index in [0.717, 1.165) is 23.1 Å². The highest BCUT2D eigenvalue weighted by molar-refractivity contribution is 7.89. The molecule has 1 aliphatic rings. The van der Waals surface area contributed by atoms with Gasteiger partial charge in [-0.15, -0.1) is 11.3 Å². The summed E-state index contributed by atoms with van der Waals surface area (Å²) in [5.74, 6) is 0.351. The van der Waals surface area contributed by atoms with Crippen LogP contribution in [0.1, 0.15) is 34.0 Å². The van der Waals surface area contributed by atoms with Gasteiger partial charge in [0, 0.05) is 31.7 Å². The summed E-state index contributed by atoms with van der Waals surface area (Å²) in [5, 5.41) is 2.06. The number of benzene rings is 2. The molecule has 4 rings (SSSR count). The lowest BCUT2D eigenvalue weighted by molar-refractivity contribution is -0.133. The van der Waals surface area contributed by atoms with E-state index in [9.17, 15) is 13.2 Å². The van der Waals surface area contributed by atoms with Crippen LogP contribution in [0.2, 0.25) is 0 Å². The second-order valence-corrected chi connectivity index (χ2v) is 11.7. The number of hydrogen-bond acceptors (Lipinski definition) is 6. The van der Waals surface area contributed by atoms with Crippen LogP contribution in [0.3, 0.4) is 0 Å². The number of aryl methyl sites for hydroxylation is 1. The molecule has 0 fully saturated rings. The average Bonchev–Trinajstić information content (AvgIpc) is 3.37. The van der Waals surface area contributed by atoms with Gasteiger partial charge in [0.1, 0.15) is 5.75 Å². The Morgan fingerprint density at radius 1 is 1.08 bits per heavy atom. The van der Waals surface area contributed by atoms with E-state index in [2.05, 4.69) is 23.6 Å². The second kappa shape index (κ2) is 11.6. The van der Waals surface area contributed by atoms with E-state index in [1.165, 1.54) is 28.4 Å². The number of rotatable bonds is 10. The smallest absolute Gasteiger partial charge is 0.243 e. The molecule has 1 aliphatic heterocycles. The lowest BCUT2D eigenvalue weighted by Gasteiger charge is -2.37. The summed E-state index contributed by atoms with van der Waals surface area (Å²) in [5.41, 5.74) is 3.29. The van der Waals surface area contributed by atoms with Gasteiger partial charge in [-0.3, -0.25) is 4.79 Å². The third-order valence-corrected chi connectivity index (χ3v) is 9.30. The van der Waals surface area contributed by atoms with Crippen molar-refractivity contribution in [3.8, 4) is 5.75 Å². The first kappa shape index (κ1) is 26.3. The number of ether oxygens (including phenoxy) is 2. The molecule has 0 spiro atoms. The molecule has 3 aromatic rings. The maximum absolute atomic E-state index is 13.8. The molecule has 0 saturated carbocycles. The van der Waals surface area contributed by atoms with Crippen molar-refractivity contribution in [1.29, 1.82) is 0 Å². The summed E-state index contributed by atoms with van der Waals surface area (Å²) >= 11 is 1.70. The Morgan fingerprint density at radius 2 is 1.81 bits per heavy atom. The van der Waals surface area contributed by atoms with Crippen molar-refractivity contribution in [2.24, 2.45) is 0 Å². The minimum absolute atomic E-state index is 0.127. The van der Waals surface area contributed by atoms with Crippen LogP contribution in [-0.2, 0) is 26.0 Å². The van der Waals surface area contributed by atoms with Crippen molar-refractivity contribution >= 4 is 27.3 Å². The molecule has 9 heteroatoms. The minimum atomic E-state index is -3.90. The molecule has 192 valence electrons. The van der Waals surface area contributed by atoms with Crippen molar-refractivity contribution in [3.05, 3.63) is 81.5 Å². The normalized spacial score (nSPS) is 15.7. The molecular weight excluding hydrogens is 496 g/mol. The lowest BCUT2D eigenvalue weighted by Crippen LogP contribution is -2.47. The fourth-order valence-corrected chi connectivity index (χ4v) is 6.83. The topological polar surface area (TPSA) is 76.2 Å². The summed E-state index contributed by atoms with van der Waals surface area (Å²) in [4.78, 5) is 17.0. The van der Waals surface area contributed by atoms with E-state index in [4.69, 9.17) is 9.47 Å². The van der Waals surface area contributed by atoms with Crippen LogP contribution in [0.25, 0.3) is 0 Å². The van der Waals surface area contributed by atoms with E-state index >= 15 is 0 Å². The maximum Gasteiger partial charge on any atom is 0.243 e.